The Morgan fingerprint density at radius 1 is 1.20 bits per heavy atom. The molecule has 1 N–H and O–H groups in total. The lowest BCUT2D eigenvalue weighted by atomic mass is 10.1. The van der Waals surface area contributed by atoms with Crippen LogP contribution in [-0.2, 0) is 11.3 Å². The molecule has 1 aromatic carbocycles. The van der Waals surface area contributed by atoms with Gasteiger partial charge in [-0.3, -0.25) is 9.59 Å². The predicted molar refractivity (Wildman–Crippen MR) is 94.2 cm³/mol. The molecule has 2 aromatic rings. The third-order valence-corrected chi connectivity index (χ3v) is 4.32. The van der Waals surface area contributed by atoms with E-state index in [-0.39, 0.29) is 5.91 Å². The molecule has 1 saturated heterocycles. The summed E-state index contributed by atoms with van der Waals surface area (Å²) in [4.78, 5) is 35.5. The van der Waals surface area contributed by atoms with Crippen molar-refractivity contribution in [1.29, 1.82) is 0 Å². The van der Waals surface area contributed by atoms with E-state index in [1.54, 1.807) is 17.2 Å². The molecule has 0 bridgehead atoms. The van der Waals surface area contributed by atoms with Crippen molar-refractivity contribution in [3.63, 3.8) is 0 Å². The topological polar surface area (TPSA) is 78.4 Å². The Balaban J connectivity index is 1.64. The number of benzene rings is 1. The third-order valence-electron chi connectivity index (χ3n) is 4.32. The molecule has 1 aromatic heterocycles. The van der Waals surface area contributed by atoms with Crippen LogP contribution in [0.2, 0.25) is 0 Å². The van der Waals surface area contributed by atoms with Gasteiger partial charge in [0.2, 0.25) is 12.4 Å². The van der Waals surface area contributed by atoms with Gasteiger partial charge in [0.15, 0.2) is 0 Å². The zero-order valence-electron chi connectivity index (χ0n) is 14.2. The lowest BCUT2D eigenvalue weighted by molar-refractivity contribution is -0.118. The minimum absolute atomic E-state index is 0.224. The largest absolute Gasteiger partial charge is 0.347 e. The maximum Gasteiger partial charge on any atom is 0.270 e. The van der Waals surface area contributed by atoms with Gasteiger partial charge in [-0.1, -0.05) is 24.3 Å². The van der Waals surface area contributed by atoms with Crippen LogP contribution in [0.1, 0.15) is 21.6 Å². The minimum atomic E-state index is -0.224. The van der Waals surface area contributed by atoms with E-state index in [9.17, 15) is 9.59 Å². The highest BCUT2D eigenvalue weighted by atomic mass is 16.2. The average molecular weight is 339 g/mol. The molecule has 7 nitrogen and oxygen atoms in total. The van der Waals surface area contributed by atoms with Crippen LogP contribution in [0.3, 0.4) is 0 Å². The van der Waals surface area contributed by atoms with E-state index in [1.165, 1.54) is 0 Å². The summed E-state index contributed by atoms with van der Waals surface area (Å²) in [6.45, 7) is 5.07. The molecule has 1 aliphatic heterocycles. The number of aryl methyl sites for hydroxylation is 1. The maximum atomic E-state index is 12.4. The summed E-state index contributed by atoms with van der Waals surface area (Å²) in [6.07, 6.45) is 2.45. The Hall–Kier alpha value is -2.96. The van der Waals surface area contributed by atoms with Crippen molar-refractivity contribution in [3.05, 3.63) is 53.3 Å². The maximum absolute atomic E-state index is 12.4. The van der Waals surface area contributed by atoms with Crippen molar-refractivity contribution in [2.45, 2.75) is 13.5 Å². The number of rotatable bonds is 5. The molecule has 0 radical (unpaired) electrons. The van der Waals surface area contributed by atoms with E-state index in [0.717, 1.165) is 17.5 Å². The molecular formula is C18H21N5O2. The van der Waals surface area contributed by atoms with Crippen LogP contribution in [-0.4, -0.2) is 53.4 Å². The van der Waals surface area contributed by atoms with Crippen LogP contribution in [0.5, 0.6) is 0 Å². The number of nitrogens with zero attached hydrogens (tertiary/aromatic N) is 4. The van der Waals surface area contributed by atoms with Gasteiger partial charge in [-0.2, -0.15) is 0 Å². The summed E-state index contributed by atoms with van der Waals surface area (Å²) in [7, 11) is 0. The summed E-state index contributed by atoms with van der Waals surface area (Å²) in [6, 6.07) is 9.55. The zero-order chi connectivity index (χ0) is 17.6. The second kappa shape index (κ2) is 7.74. The van der Waals surface area contributed by atoms with Gasteiger partial charge in [-0.15, -0.1) is 0 Å². The van der Waals surface area contributed by atoms with Gasteiger partial charge in [-0.05, 0) is 24.1 Å². The summed E-state index contributed by atoms with van der Waals surface area (Å²) in [5.74, 6) is 0.299. The van der Waals surface area contributed by atoms with E-state index >= 15 is 0 Å². The van der Waals surface area contributed by atoms with Crippen LogP contribution in [0.25, 0.3) is 0 Å². The van der Waals surface area contributed by atoms with Gasteiger partial charge in [0.25, 0.3) is 5.91 Å². The van der Waals surface area contributed by atoms with Crippen LogP contribution in [0.4, 0.5) is 5.95 Å². The first-order valence-electron chi connectivity index (χ1n) is 8.27. The quantitative estimate of drug-likeness (QED) is 0.822. The van der Waals surface area contributed by atoms with Gasteiger partial charge in [0.1, 0.15) is 5.69 Å². The van der Waals surface area contributed by atoms with Crippen molar-refractivity contribution in [3.8, 4) is 0 Å². The molecule has 130 valence electrons. The molecule has 0 aliphatic carbocycles. The lowest BCUT2D eigenvalue weighted by Crippen LogP contribution is -2.46. The molecule has 2 heterocycles. The van der Waals surface area contributed by atoms with E-state index in [0.29, 0.717) is 44.4 Å². The molecule has 0 unspecified atom stereocenters. The second-order valence-electron chi connectivity index (χ2n) is 5.98. The molecular weight excluding hydrogens is 318 g/mol. The first-order chi connectivity index (χ1) is 12.2. The molecule has 0 saturated carbocycles. The summed E-state index contributed by atoms with van der Waals surface area (Å²) < 4.78 is 0. The van der Waals surface area contributed by atoms with E-state index in [1.807, 2.05) is 36.1 Å². The van der Waals surface area contributed by atoms with Crippen molar-refractivity contribution in [2.24, 2.45) is 0 Å². The molecule has 25 heavy (non-hydrogen) atoms. The smallest absolute Gasteiger partial charge is 0.270 e. The fourth-order valence-corrected chi connectivity index (χ4v) is 2.73. The number of aromatic nitrogens is 2. The fraction of sp³-hybridized carbons (Fsp3) is 0.333. The molecule has 0 spiro atoms. The molecule has 2 amide bonds. The van der Waals surface area contributed by atoms with Crippen molar-refractivity contribution in [1.82, 2.24) is 20.2 Å². The van der Waals surface area contributed by atoms with Crippen molar-refractivity contribution >= 4 is 18.3 Å². The standard InChI is InChI=1S/C18H21N5O2/c1-14-4-2-3-5-15(14)12-20-17(25)16-6-7-19-18(21-16)23-10-8-22(13-24)9-11-23/h2-7,13H,8-12H2,1H3,(H,20,25). The molecule has 1 fully saturated rings. The summed E-state index contributed by atoms with van der Waals surface area (Å²) in [5, 5.41) is 2.90. The highest BCUT2D eigenvalue weighted by molar-refractivity contribution is 5.92. The first kappa shape index (κ1) is 16.9. The number of amides is 2. The van der Waals surface area contributed by atoms with Gasteiger partial charge in [0.05, 0.1) is 0 Å². The number of carbonyl (C=O) groups excluding carboxylic acids is 2. The number of hydrogen-bond donors (Lipinski definition) is 1. The number of anilines is 1. The fourth-order valence-electron chi connectivity index (χ4n) is 2.73. The van der Waals surface area contributed by atoms with E-state index in [4.69, 9.17) is 0 Å². The van der Waals surface area contributed by atoms with Gasteiger partial charge in [-0.25, -0.2) is 9.97 Å². The molecule has 7 heteroatoms. The number of piperazine rings is 1. The van der Waals surface area contributed by atoms with Crippen LogP contribution in [0.15, 0.2) is 36.5 Å². The van der Waals surface area contributed by atoms with Gasteiger partial charge >= 0.3 is 0 Å². The highest BCUT2D eigenvalue weighted by Gasteiger charge is 2.19. The minimum Gasteiger partial charge on any atom is -0.347 e. The SMILES string of the molecule is Cc1ccccc1CNC(=O)c1ccnc(N2CCN(C=O)CC2)n1. The number of nitrogens with one attached hydrogen (secondary N) is 1. The molecule has 0 atom stereocenters. The normalized spacial score (nSPS) is 14.3. The Kier molecular flexibility index (Phi) is 5.23. The van der Waals surface area contributed by atoms with Crippen LogP contribution in [0, 0.1) is 6.92 Å². The van der Waals surface area contributed by atoms with Crippen molar-refractivity contribution < 1.29 is 9.59 Å². The second-order valence-corrected chi connectivity index (χ2v) is 5.98. The highest BCUT2D eigenvalue weighted by Crippen LogP contribution is 2.11. The van der Waals surface area contributed by atoms with Crippen molar-refractivity contribution in [2.75, 3.05) is 31.1 Å². The Labute approximate surface area is 146 Å². The Morgan fingerprint density at radius 2 is 1.96 bits per heavy atom. The van der Waals surface area contributed by atoms with Crippen LogP contribution < -0.4 is 10.2 Å². The zero-order valence-corrected chi connectivity index (χ0v) is 14.2. The van der Waals surface area contributed by atoms with E-state index < -0.39 is 0 Å². The van der Waals surface area contributed by atoms with Crippen LogP contribution >= 0.6 is 0 Å². The molecule has 1 aliphatic rings. The summed E-state index contributed by atoms with van der Waals surface area (Å²) in [5.41, 5.74) is 2.56. The Morgan fingerprint density at radius 3 is 2.68 bits per heavy atom. The third kappa shape index (κ3) is 4.12. The van der Waals surface area contributed by atoms with E-state index in [2.05, 4.69) is 15.3 Å². The predicted octanol–water partition coefficient (Wildman–Crippen LogP) is 0.993. The Bertz CT molecular complexity index is 757. The van der Waals surface area contributed by atoms with Gasteiger partial charge in [0, 0.05) is 38.9 Å². The number of hydrogen-bond acceptors (Lipinski definition) is 5. The molecule has 3 rings (SSSR count). The summed E-state index contributed by atoms with van der Waals surface area (Å²) >= 11 is 0. The average Bonchev–Trinajstić information content (AvgIpc) is 2.67. The first-order valence-corrected chi connectivity index (χ1v) is 8.27. The number of carbonyl (C=O) groups is 2. The monoisotopic (exact) mass is 339 g/mol. The van der Waals surface area contributed by atoms with Gasteiger partial charge < -0.3 is 15.1 Å². The lowest BCUT2D eigenvalue weighted by Gasteiger charge is -2.32.